The molecule has 1 unspecified atom stereocenters. The number of carbonyl (C=O) groups excluding carboxylic acids is 1. The number of hydrogen-bond donors (Lipinski definition) is 1. The molecule has 0 fully saturated rings. The molecule has 2 heterocycles. The molecule has 0 spiro atoms. The van der Waals surface area contributed by atoms with E-state index < -0.39 is 21.7 Å². The van der Waals surface area contributed by atoms with Gasteiger partial charge in [-0.05, 0) is 47.9 Å². The smallest absolute Gasteiger partial charge is 0.302 e. The Hall–Kier alpha value is -3.59. The highest BCUT2D eigenvalue weighted by Gasteiger charge is 2.24. The molecule has 0 saturated carbocycles. The second kappa shape index (κ2) is 8.27. The molecule has 4 aromatic rings. The van der Waals surface area contributed by atoms with Gasteiger partial charge in [0.2, 0.25) is 5.91 Å². The fourth-order valence-electron chi connectivity index (χ4n) is 3.19. The molecular weight excluding hydrogens is 421 g/mol. The normalized spacial score (nSPS) is 12.6. The Labute approximate surface area is 177 Å². The van der Waals surface area contributed by atoms with Crippen LogP contribution in [-0.4, -0.2) is 30.5 Å². The summed E-state index contributed by atoms with van der Waals surface area (Å²) in [4.78, 5) is 21.5. The minimum atomic E-state index is -3.37. The number of amides is 1. The van der Waals surface area contributed by atoms with E-state index in [1.165, 1.54) is 30.5 Å². The third kappa shape index (κ3) is 4.77. The molecule has 7 nitrogen and oxygen atoms in total. The summed E-state index contributed by atoms with van der Waals surface area (Å²) in [6.45, 7) is 0. The van der Waals surface area contributed by atoms with Crippen molar-refractivity contribution in [2.75, 3.05) is 11.6 Å². The SMILES string of the molecule is CS(=O)(=O)c1ccc(C(Cc2ccc(F)cc2)C(=O)Nc2nc3ccncc3o2)cc1. The van der Waals surface area contributed by atoms with E-state index in [-0.39, 0.29) is 23.1 Å². The number of pyridine rings is 1. The molecule has 0 radical (unpaired) electrons. The van der Waals surface area contributed by atoms with Crippen molar-refractivity contribution in [2.24, 2.45) is 0 Å². The summed E-state index contributed by atoms with van der Waals surface area (Å²) in [5.74, 6) is -1.45. The fraction of sp³-hybridized carbons (Fsp3) is 0.136. The summed E-state index contributed by atoms with van der Waals surface area (Å²) in [6.07, 6.45) is 4.45. The molecule has 0 aliphatic heterocycles. The highest BCUT2D eigenvalue weighted by molar-refractivity contribution is 7.90. The molecule has 9 heteroatoms. The average molecular weight is 439 g/mol. The van der Waals surface area contributed by atoms with E-state index in [2.05, 4.69) is 15.3 Å². The second-order valence-corrected chi connectivity index (χ2v) is 9.09. The van der Waals surface area contributed by atoms with Gasteiger partial charge in [0.05, 0.1) is 17.0 Å². The zero-order valence-corrected chi connectivity index (χ0v) is 17.3. The molecule has 0 aliphatic carbocycles. The maximum absolute atomic E-state index is 13.3. The van der Waals surface area contributed by atoms with Crippen molar-refractivity contribution in [2.45, 2.75) is 17.2 Å². The molecule has 1 amide bonds. The van der Waals surface area contributed by atoms with Crippen LogP contribution in [0.2, 0.25) is 0 Å². The zero-order valence-electron chi connectivity index (χ0n) is 16.4. The Bertz CT molecular complexity index is 1300. The van der Waals surface area contributed by atoms with Crippen LogP contribution >= 0.6 is 0 Å². The molecule has 0 aliphatic rings. The molecular formula is C22H18FN3O4S. The van der Waals surface area contributed by atoms with Crippen molar-refractivity contribution in [3.05, 3.63) is 83.9 Å². The van der Waals surface area contributed by atoms with Crippen molar-refractivity contribution in [1.29, 1.82) is 0 Å². The summed E-state index contributed by atoms with van der Waals surface area (Å²) >= 11 is 0. The van der Waals surface area contributed by atoms with E-state index in [1.807, 2.05) is 0 Å². The van der Waals surface area contributed by atoms with Crippen molar-refractivity contribution < 1.29 is 22.0 Å². The fourth-order valence-corrected chi connectivity index (χ4v) is 3.82. The second-order valence-electron chi connectivity index (χ2n) is 7.08. The zero-order chi connectivity index (χ0) is 22.0. The lowest BCUT2D eigenvalue weighted by atomic mass is 9.91. The molecule has 4 rings (SSSR count). The molecule has 1 N–H and O–H groups in total. The Balaban J connectivity index is 1.64. The number of aromatic nitrogens is 2. The number of anilines is 1. The molecule has 2 aromatic carbocycles. The third-order valence-electron chi connectivity index (χ3n) is 4.80. The van der Waals surface area contributed by atoms with Gasteiger partial charge < -0.3 is 4.42 Å². The van der Waals surface area contributed by atoms with Crippen LogP contribution in [0.3, 0.4) is 0 Å². The van der Waals surface area contributed by atoms with Crippen LogP contribution < -0.4 is 5.32 Å². The number of sulfone groups is 1. The van der Waals surface area contributed by atoms with Gasteiger partial charge >= 0.3 is 6.01 Å². The Morgan fingerprint density at radius 2 is 1.81 bits per heavy atom. The number of carbonyl (C=O) groups is 1. The van der Waals surface area contributed by atoms with Gasteiger partial charge in [-0.1, -0.05) is 24.3 Å². The Kier molecular flexibility index (Phi) is 5.51. The quantitative estimate of drug-likeness (QED) is 0.491. The number of rotatable bonds is 6. The maximum atomic E-state index is 13.3. The van der Waals surface area contributed by atoms with E-state index in [0.29, 0.717) is 16.7 Å². The van der Waals surface area contributed by atoms with Crippen molar-refractivity contribution in [3.63, 3.8) is 0 Å². The molecule has 31 heavy (non-hydrogen) atoms. The number of hydrogen-bond acceptors (Lipinski definition) is 6. The van der Waals surface area contributed by atoms with E-state index in [1.54, 1.807) is 36.5 Å². The lowest BCUT2D eigenvalue weighted by Crippen LogP contribution is -2.23. The Morgan fingerprint density at radius 3 is 2.45 bits per heavy atom. The Morgan fingerprint density at radius 1 is 1.10 bits per heavy atom. The van der Waals surface area contributed by atoms with Crippen LogP contribution in [0.25, 0.3) is 11.1 Å². The van der Waals surface area contributed by atoms with E-state index in [9.17, 15) is 17.6 Å². The minimum absolute atomic E-state index is 0.0323. The molecule has 158 valence electrons. The lowest BCUT2D eigenvalue weighted by Gasteiger charge is -2.17. The van der Waals surface area contributed by atoms with Crippen LogP contribution in [-0.2, 0) is 21.1 Å². The first kappa shape index (κ1) is 20.7. The number of fused-ring (bicyclic) bond motifs is 1. The summed E-state index contributed by atoms with van der Waals surface area (Å²) in [5.41, 5.74) is 2.34. The van der Waals surface area contributed by atoms with E-state index in [0.717, 1.165) is 11.8 Å². The monoisotopic (exact) mass is 439 g/mol. The lowest BCUT2D eigenvalue weighted by molar-refractivity contribution is -0.117. The number of oxazole rings is 1. The first-order valence-electron chi connectivity index (χ1n) is 9.35. The minimum Gasteiger partial charge on any atom is -0.422 e. The van der Waals surface area contributed by atoms with Crippen molar-refractivity contribution in [3.8, 4) is 0 Å². The van der Waals surface area contributed by atoms with Crippen molar-refractivity contribution >= 4 is 32.9 Å². The van der Waals surface area contributed by atoms with Crippen molar-refractivity contribution in [1.82, 2.24) is 9.97 Å². The van der Waals surface area contributed by atoms with E-state index in [4.69, 9.17) is 4.42 Å². The predicted octanol–water partition coefficient (Wildman–Crippen LogP) is 3.73. The van der Waals surface area contributed by atoms with Crippen LogP contribution in [0.4, 0.5) is 10.4 Å². The van der Waals surface area contributed by atoms with Gasteiger partial charge in [0.25, 0.3) is 0 Å². The van der Waals surface area contributed by atoms with E-state index >= 15 is 0 Å². The molecule has 1 atom stereocenters. The number of halogens is 1. The summed E-state index contributed by atoms with van der Waals surface area (Å²) in [5, 5.41) is 2.67. The van der Waals surface area contributed by atoms with Gasteiger partial charge in [-0.2, -0.15) is 4.98 Å². The standard InChI is InChI=1S/C22H18FN3O4S/c1-31(28,29)17-8-4-15(5-9-17)18(12-14-2-6-16(23)7-3-14)21(27)26-22-25-19-10-11-24-13-20(19)30-22/h2-11,13,18H,12H2,1H3,(H,25,26,27). The maximum Gasteiger partial charge on any atom is 0.302 e. The topological polar surface area (TPSA) is 102 Å². The number of benzene rings is 2. The molecule has 2 aromatic heterocycles. The molecule has 0 bridgehead atoms. The summed E-state index contributed by atoms with van der Waals surface area (Å²) < 4.78 is 42.3. The van der Waals surface area contributed by atoms with Gasteiger partial charge in [-0.25, -0.2) is 12.8 Å². The van der Waals surface area contributed by atoms with Crippen LogP contribution in [0.15, 0.2) is 76.3 Å². The average Bonchev–Trinajstić information content (AvgIpc) is 3.15. The van der Waals surface area contributed by atoms with Crippen LogP contribution in [0.5, 0.6) is 0 Å². The van der Waals surface area contributed by atoms with Gasteiger partial charge in [0, 0.05) is 12.5 Å². The number of nitrogens with zero attached hydrogens (tertiary/aromatic N) is 2. The summed E-state index contributed by atoms with van der Waals surface area (Å²) in [6, 6.07) is 13.7. The highest BCUT2D eigenvalue weighted by Crippen LogP contribution is 2.26. The number of nitrogens with one attached hydrogen (secondary N) is 1. The first-order valence-corrected chi connectivity index (χ1v) is 11.2. The largest absolute Gasteiger partial charge is 0.422 e. The summed E-state index contributed by atoms with van der Waals surface area (Å²) in [7, 11) is -3.37. The molecule has 0 saturated heterocycles. The third-order valence-corrected chi connectivity index (χ3v) is 5.93. The van der Waals surface area contributed by atoms with Gasteiger partial charge in [-0.3, -0.25) is 15.1 Å². The van der Waals surface area contributed by atoms with Crippen LogP contribution in [0, 0.1) is 5.82 Å². The van der Waals surface area contributed by atoms with Gasteiger partial charge in [-0.15, -0.1) is 0 Å². The first-order chi connectivity index (χ1) is 14.8. The predicted molar refractivity (Wildman–Crippen MR) is 113 cm³/mol. The highest BCUT2D eigenvalue weighted by atomic mass is 32.2. The van der Waals surface area contributed by atoms with Gasteiger partial charge in [0.15, 0.2) is 15.4 Å². The van der Waals surface area contributed by atoms with Gasteiger partial charge in [0.1, 0.15) is 11.3 Å². The van der Waals surface area contributed by atoms with Crippen LogP contribution in [0.1, 0.15) is 17.0 Å².